The lowest BCUT2D eigenvalue weighted by Gasteiger charge is -2.45. The van der Waals surface area contributed by atoms with Crippen molar-refractivity contribution < 1.29 is 19.5 Å². The van der Waals surface area contributed by atoms with Crippen LogP contribution in [-0.4, -0.2) is 75.8 Å². The number of fused-ring (bicyclic) bond motifs is 2. The fourth-order valence-corrected chi connectivity index (χ4v) is 6.71. The van der Waals surface area contributed by atoms with Gasteiger partial charge in [-0.1, -0.05) is 48.5 Å². The van der Waals surface area contributed by atoms with Crippen LogP contribution in [0, 0.1) is 0 Å². The Morgan fingerprint density at radius 1 is 0.950 bits per heavy atom. The zero-order chi connectivity index (χ0) is 28.2. The maximum Gasteiger partial charge on any atom is 0.330 e. The second-order valence-corrected chi connectivity index (χ2v) is 10.6. The molecular formula is C30H29N5O4S. The molecule has 0 aliphatic carbocycles. The number of benzene rings is 3. The van der Waals surface area contributed by atoms with Gasteiger partial charge in [0.1, 0.15) is 5.37 Å². The van der Waals surface area contributed by atoms with Crippen molar-refractivity contribution in [2.45, 2.75) is 17.5 Å². The predicted molar refractivity (Wildman–Crippen MR) is 158 cm³/mol. The molecular weight excluding hydrogens is 526 g/mol. The Labute approximate surface area is 236 Å². The Kier molecular flexibility index (Phi) is 7.88. The summed E-state index contributed by atoms with van der Waals surface area (Å²) < 4.78 is 0. The molecule has 40 heavy (non-hydrogen) atoms. The molecule has 3 atom stereocenters. The number of carbonyl (C=O) groups excluding carboxylic acids is 2. The minimum absolute atomic E-state index is 0.103. The number of piperazine rings is 1. The van der Waals surface area contributed by atoms with Crippen molar-refractivity contribution in [3.8, 4) is 0 Å². The van der Waals surface area contributed by atoms with Crippen LogP contribution < -0.4 is 10.6 Å². The minimum atomic E-state index is -1.22. The molecule has 2 heterocycles. The smallest absolute Gasteiger partial charge is 0.330 e. The summed E-state index contributed by atoms with van der Waals surface area (Å²) >= 11 is 1.39. The SMILES string of the molecule is CN=CC(=CN)c1ccc(C(=O)N2[C@H]3CS[C@@H]2[C@@H](C(=O)O)N(C(=O)N(c2ccccc2)c2ccccc2)C3)cc1. The molecule has 2 bridgehead atoms. The number of anilines is 2. The fraction of sp³-hybridized carbons (Fsp3) is 0.200. The van der Waals surface area contributed by atoms with E-state index in [1.807, 2.05) is 60.7 Å². The Hall–Kier alpha value is -4.57. The van der Waals surface area contributed by atoms with Gasteiger partial charge in [0.2, 0.25) is 0 Å². The number of rotatable bonds is 6. The molecule has 2 aliphatic heterocycles. The molecule has 5 rings (SSSR count). The number of hydrogen-bond donors (Lipinski definition) is 2. The molecule has 0 unspecified atom stereocenters. The molecule has 2 saturated heterocycles. The monoisotopic (exact) mass is 555 g/mol. The van der Waals surface area contributed by atoms with Gasteiger partial charge in [-0.05, 0) is 42.0 Å². The molecule has 2 aliphatic rings. The lowest BCUT2D eigenvalue weighted by molar-refractivity contribution is -0.144. The van der Waals surface area contributed by atoms with Crippen LogP contribution in [0.2, 0.25) is 0 Å². The van der Waals surface area contributed by atoms with E-state index < -0.39 is 23.4 Å². The zero-order valence-corrected chi connectivity index (χ0v) is 22.6. The Morgan fingerprint density at radius 3 is 2.05 bits per heavy atom. The number of carbonyl (C=O) groups is 3. The number of carboxylic acid groups (broad SMARTS) is 1. The lowest BCUT2D eigenvalue weighted by atomic mass is 10.0. The maximum absolute atomic E-state index is 14.1. The van der Waals surface area contributed by atoms with Crippen molar-refractivity contribution in [2.75, 3.05) is 24.2 Å². The second-order valence-electron chi connectivity index (χ2n) is 9.40. The lowest BCUT2D eigenvalue weighted by Crippen LogP contribution is -2.66. The summed E-state index contributed by atoms with van der Waals surface area (Å²) in [5.41, 5.74) is 8.92. The van der Waals surface area contributed by atoms with Gasteiger partial charge in [-0.3, -0.25) is 14.7 Å². The standard InChI is InChI=1S/C30H29N5O4S/c1-32-17-22(16-31)20-12-14-21(15-13-20)27(36)35-25-18-33(26(29(37)38)28(35)40-19-25)30(39)34(23-8-4-2-5-9-23)24-10-6-3-7-11-24/h2-17,25-26,28H,18-19,31H2,1H3,(H,37,38)/t25-,26+,28-/m1/s1. The Morgan fingerprint density at radius 2 is 1.52 bits per heavy atom. The molecule has 3 aromatic rings. The molecule has 204 valence electrons. The highest BCUT2D eigenvalue weighted by atomic mass is 32.2. The number of nitrogens with two attached hydrogens (primary N) is 1. The highest BCUT2D eigenvalue weighted by Crippen LogP contribution is 2.40. The van der Waals surface area contributed by atoms with Crippen molar-refractivity contribution in [1.82, 2.24) is 9.80 Å². The number of nitrogens with zero attached hydrogens (tertiary/aromatic N) is 4. The second kappa shape index (κ2) is 11.7. The van der Waals surface area contributed by atoms with Crippen molar-refractivity contribution in [2.24, 2.45) is 10.7 Å². The molecule has 9 nitrogen and oxygen atoms in total. The van der Waals surface area contributed by atoms with Crippen molar-refractivity contribution in [3.05, 3.63) is 102 Å². The zero-order valence-electron chi connectivity index (χ0n) is 21.8. The highest BCUT2D eigenvalue weighted by Gasteiger charge is 2.54. The van der Waals surface area contributed by atoms with Crippen LogP contribution in [0.4, 0.5) is 16.2 Å². The van der Waals surface area contributed by atoms with Gasteiger partial charge in [0.15, 0.2) is 6.04 Å². The third-order valence-corrected chi connectivity index (χ3v) is 8.41. The number of hydrogen-bond acceptors (Lipinski definition) is 6. The Balaban J connectivity index is 1.45. The molecule has 0 spiro atoms. The van der Waals surface area contributed by atoms with E-state index in [9.17, 15) is 19.5 Å². The number of urea groups is 1. The minimum Gasteiger partial charge on any atom is -0.480 e. The van der Waals surface area contributed by atoms with Crippen molar-refractivity contribution >= 4 is 52.8 Å². The fourth-order valence-electron chi connectivity index (χ4n) is 5.15. The van der Waals surface area contributed by atoms with E-state index in [1.165, 1.54) is 27.8 Å². The molecule has 3 amide bonds. The molecule has 3 aromatic carbocycles. The summed E-state index contributed by atoms with van der Waals surface area (Å²) in [7, 11) is 1.65. The van der Waals surface area contributed by atoms with Crippen LogP contribution in [-0.2, 0) is 4.79 Å². The van der Waals surface area contributed by atoms with Gasteiger partial charge in [0.25, 0.3) is 5.91 Å². The molecule has 0 radical (unpaired) electrons. The summed E-state index contributed by atoms with van der Waals surface area (Å²) in [6.07, 6.45) is 3.08. The first-order chi connectivity index (χ1) is 19.4. The van der Waals surface area contributed by atoms with Crippen LogP contribution in [0.5, 0.6) is 0 Å². The summed E-state index contributed by atoms with van der Waals surface area (Å²) in [4.78, 5) is 49.0. The first kappa shape index (κ1) is 27.0. The molecule has 10 heteroatoms. The molecule has 0 saturated carbocycles. The van der Waals surface area contributed by atoms with E-state index in [4.69, 9.17) is 5.73 Å². The van der Waals surface area contributed by atoms with Gasteiger partial charge < -0.3 is 20.6 Å². The van der Waals surface area contributed by atoms with Gasteiger partial charge in [-0.2, -0.15) is 0 Å². The summed E-state index contributed by atoms with van der Waals surface area (Å²) in [6, 6.07) is 23.3. The largest absolute Gasteiger partial charge is 0.480 e. The molecule has 0 aromatic heterocycles. The third kappa shape index (κ3) is 5.05. The van der Waals surface area contributed by atoms with Crippen molar-refractivity contribution in [1.29, 1.82) is 0 Å². The van der Waals surface area contributed by atoms with E-state index in [1.54, 1.807) is 42.4 Å². The van der Waals surface area contributed by atoms with Gasteiger partial charge >= 0.3 is 12.0 Å². The number of aliphatic carboxylic acids is 1. The van der Waals surface area contributed by atoms with E-state index >= 15 is 0 Å². The topological polar surface area (TPSA) is 120 Å². The van der Waals surface area contributed by atoms with Crippen LogP contribution in [0.3, 0.4) is 0 Å². The van der Waals surface area contributed by atoms with Gasteiger partial charge in [0.05, 0.1) is 17.4 Å². The van der Waals surface area contributed by atoms with Crippen LogP contribution >= 0.6 is 11.8 Å². The average molecular weight is 556 g/mol. The van der Waals surface area contributed by atoms with Crippen LogP contribution in [0.25, 0.3) is 5.57 Å². The van der Waals surface area contributed by atoms with E-state index in [-0.39, 0.29) is 18.5 Å². The predicted octanol–water partition coefficient (Wildman–Crippen LogP) is 4.30. The van der Waals surface area contributed by atoms with Gasteiger partial charge in [0, 0.05) is 42.9 Å². The third-order valence-electron chi connectivity index (χ3n) is 7.01. The normalized spacial score (nSPS) is 20.5. The number of carboxylic acids is 1. The number of thioether (sulfide) groups is 1. The highest BCUT2D eigenvalue weighted by molar-refractivity contribution is 8.00. The van der Waals surface area contributed by atoms with Gasteiger partial charge in [-0.25, -0.2) is 9.59 Å². The first-order valence-electron chi connectivity index (χ1n) is 12.8. The summed E-state index contributed by atoms with van der Waals surface area (Å²) in [6.45, 7) is 0.103. The summed E-state index contributed by atoms with van der Waals surface area (Å²) in [5, 5.41) is 9.62. The van der Waals surface area contributed by atoms with E-state index in [0.29, 0.717) is 22.7 Å². The summed E-state index contributed by atoms with van der Waals surface area (Å²) in [5.74, 6) is -0.890. The number of aliphatic imine (C=N–C) groups is 1. The molecule has 3 N–H and O–H groups in total. The molecule has 2 fully saturated rings. The van der Waals surface area contributed by atoms with Crippen LogP contribution in [0.1, 0.15) is 15.9 Å². The average Bonchev–Trinajstić information content (AvgIpc) is 3.28. The van der Waals surface area contributed by atoms with Crippen molar-refractivity contribution in [3.63, 3.8) is 0 Å². The number of allylic oxidation sites excluding steroid dienone is 1. The Bertz CT molecular complexity index is 1410. The van der Waals surface area contributed by atoms with E-state index in [0.717, 1.165) is 11.1 Å². The quantitative estimate of drug-likeness (QED) is 0.438. The first-order valence-corrected chi connectivity index (χ1v) is 13.8. The van der Waals surface area contributed by atoms with Crippen LogP contribution in [0.15, 0.2) is 96.1 Å². The van der Waals surface area contributed by atoms with Gasteiger partial charge in [-0.15, -0.1) is 11.8 Å². The van der Waals surface area contributed by atoms with E-state index in [2.05, 4.69) is 4.99 Å². The maximum atomic E-state index is 14.1. The number of amides is 3. The number of para-hydroxylation sites is 2.